The Morgan fingerprint density at radius 2 is 2.19 bits per heavy atom. The van der Waals surface area contributed by atoms with Crippen LogP contribution in [-0.4, -0.2) is 21.0 Å². The molecule has 2 N–H and O–H groups in total. The van der Waals surface area contributed by atoms with Gasteiger partial charge in [0.15, 0.2) is 0 Å². The van der Waals surface area contributed by atoms with Gasteiger partial charge in [0.2, 0.25) is 0 Å². The molecule has 0 bridgehead atoms. The van der Waals surface area contributed by atoms with Crippen molar-refractivity contribution in [2.45, 2.75) is 0 Å². The lowest BCUT2D eigenvalue weighted by molar-refractivity contribution is 0.0697. The first-order valence-corrected chi connectivity index (χ1v) is 4.55. The first kappa shape index (κ1) is 10.1. The molecule has 0 amide bonds. The lowest BCUT2D eigenvalue weighted by Crippen LogP contribution is -2.04. The minimum absolute atomic E-state index is 0.186. The van der Waals surface area contributed by atoms with Crippen molar-refractivity contribution in [1.82, 2.24) is 9.97 Å². The molecule has 2 rings (SSSR count). The number of aromatic nitrogens is 2. The van der Waals surface area contributed by atoms with Crippen LogP contribution in [0.2, 0.25) is 0 Å². The average molecular weight is 216 g/mol. The predicted octanol–water partition coefficient (Wildman–Crippen LogP) is 1.14. The number of carboxylic acid groups (broad SMARTS) is 1. The molecule has 16 heavy (non-hydrogen) atoms. The van der Waals surface area contributed by atoms with Crippen molar-refractivity contribution in [3.63, 3.8) is 0 Å². The molecule has 0 aliphatic heterocycles. The molecule has 1 heterocycles. The van der Waals surface area contributed by atoms with Crippen molar-refractivity contribution in [2.75, 3.05) is 0 Å². The average Bonchev–Trinajstić information content (AvgIpc) is 2.30. The van der Waals surface area contributed by atoms with Gasteiger partial charge in [-0.05, 0) is 12.1 Å². The van der Waals surface area contributed by atoms with Crippen molar-refractivity contribution in [2.24, 2.45) is 0 Å². The number of carboxylic acids is 1. The molecule has 0 unspecified atom stereocenters. The third-order valence-corrected chi connectivity index (χ3v) is 2.08. The highest BCUT2D eigenvalue weighted by Gasteiger charge is 2.05. The van der Waals surface area contributed by atoms with E-state index in [4.69, 9.17) is 5.11 Å². The number of nitrogens with one attached hydrogen (secondary N) is 1. The second-order valence-electron chi connectivity index (χ2n) is 3.18. The molecule has 0 saturated heterocycles. The molecule has 0 fully saturated rings. The number of hydrogen-bond donors (Lipinski definition) is 2. The molecule has 1 aromatic carbocycles. The van der Waals surface area contributed by atoms with Gasteiger partial charge in [0, 0.05) is 11.8 Å². The molecule has 0 spiro atoms. The maximum atomic E-state index is 10.8. The van der Waals surface area contributed by atoms with Crippen LogP contribution in [0.3, 0.4) is 0 Å². The van der Waals surface area contributed by atoms with E-state index in [0.717, 1.165) is 6.20 Å². The van der Waals surface area contributed by atoms with Crippen molar-refractivity contribution in [1.29, 1.82) is 0 Å². The van der Waals surface area contributed by atoms with Gasteiger partial charge >= 0.3 is 5.97 Å². The second-order valence-corrected chi connectivity index (χ2v) is 3.18. The maximum absolute atomic E-state index is 10.8. The van der Waals surface area contributed by atoms with E-state index >= 15 is 0 Å². The van der Waals surface area contributed by atoms with E-state index < -0.39 is 5.97 Å². The number of H-pyrrole nitrogens is 1. The van der Waals surface area contributed by atoms with Crippen LogP contribution < -0.4 is 5.56 Å². The number of hydrogen-bond acceptors (Lipinski definition) is 3. The lowest BCUT2D eigenvalue weighted by atomic mass is 10.1. The summed E-state index contributed by atoms with van der Waals surface area (Å²) in [5.74, 6) is -0.994. The monoisotopic (exact) mass is 216 g/mol. The van der Waals surface area contributed by atoms with Crippen molar-refractivity contribution >= 4 is 5.97 Å². The van der Waals surface area contributed by atoms with Crippen LogP contribution in [0.1, 0.15) is 10.4 Å². The third kappa shape index (κ3) is 1.98. The Kier molecular flexibility index (Phi) is 2.51. The Bertz CT molecular complexity index is 569. The Morgan fingerprint density at radius 3 is 2.81 bits per heavy atom. The van der Waals surface area contributed by atoms with Gasteiger partial charge in [0.25, 0.3) is 5.56 Å². The molecule has 0 saturated carbocycles. The van der Waals surface area contributed by atoms with Crippen molar-refractivity contribution < 1.29 is 9.90 Å². The number of aromatic carboxylic acids is 1. The number of aromatic amines is 1. The Morgan fingerprint density at radius 1 is 1.38 bits per heavy atom. The van der Waals surface area contributed by atoms with Crippen LogP contribution in [-0.2, 0) is 0 Å². The first-order chi connectivity index (χ1) is 7.66. The normalized spacial score (nSPS) is 10.0. The molecule has 5 nitrogen and oxygen atoms in total. The third-order valence-electron chi connectivity index (χ3n) is 2.08. The van der Waals surface area contributed by atoms with Crippen molar-refractivity contribution in [3.8, 4) is 11.3 Å². The molecule has 0 aliphatic carbocycles. The molecule has 0 radical (unpaired) electrons. The summed E-state index contributed by atoms with van der Waals surface area (Å²) < 4.78 is 0. The van der Waals surface area contributed by atoms with E-state index in [1.807, 2.05) is 0 Å². The molecule has 0 atom stereocenters. The Labute approximate surface area is 90.4 Å². The van der Waals surface area contributed by atoms with Gasteiger partial charge in [0.05, 0.1) is 17.5 Å². The molecule has 1 aromatic heterocycles. The summed E-state index contributed by atoms with van der Waals surface area (Å²) in [6.45, 7) is 0. The highest BCUT2D eigenvalue weighted by Crippen LogP contribution is 2.16. The largest absolute Gasteiger partial charge is 0.478 e. The number of nitrogens with zero attached hydrogens (tertiary/aromatic N) is 1. The van der Waals surface area contributed by atoms with Crippen LogP contribution in [0, 0.1) is 0 Å². The summed E-state index contributed by atoms with van der Waals surface area (Å²) in [7, 11) is 0. The zero-order valence-corrected chi connectivity index (χ0v) is 8.18. The van der Waals surface area contributed by atoms with E-state index in [1.165, 1.54) is 18.3 Å². The quantitative estimate of drug-likeness (QED) is 0.788. The summed E-state index contributed by atoms with van der Waals surface area (Å²) in [5, 5.41) is 8.82. The Balaban J connectivity index is 2.48. The van der Waals surface area contributed by atoms with Gasteiger partial charge in [-0.25, -0.2) is 9.78 Å². The van der Waals surface area contributed by atoms with Crippen molar-refractivity contribution in [3.05, 3.63) is 52.6 Å². The van der Waals surface area contributed by atoms with Gasteiger partial charge in [-0.15, -0.1) is 0 Å². The molecule has 5 heteroatoms. The fourth-order valence-electron chi connectivity index (χ4n) is 1.31. The van der Waals surface area contributed by atoms with E-state index in [0.29, 0.717) is 11.3 Å². The molecular formula is C11H8N2O3. The number of carbonyl (C=O) groups is 1. The molecular weight excluding hydrogens is 208 g/mol. The van der Waals surface area contributed by atoms with E-state index in [1.54, 1.807) is 12.1 Å². The second kappa shape index (κ2) is 3.98. The van der Waals surface area contributed by atoms with Crippen LogP contribution in [0.5, 0.6) is 0 Å². The van der Waals surface area contributed by atoms with Gasteiger partial charge < -0.3 is 10.1 Å². The zero-order valence-electron chi connectivity index (χ0n) is 8.18. The lowest BCUT2D eigenvalue weighted by Gasteiger charge is -2.00. The summed E-state index contributed by atoms with van der Waals surface area (Å²) in [6, 6.07) is 6.36. The van der Waals surface area contributed by atoms with Crippen LogP contribution in [0.25, 0.3) is 11.3 Å². The summed E-state index contributed by atoms with van der Waals surface area (Å²) in [6.07, 6.45) is 2.60. The maximum Gasteiger partial charge on any atom is 0.335 e. The van der Waals surface area contributed by atoms with E-state index in [-0.39, 0.29) is 11.1 Å². The summed E-state index contributed by atoms with van der Waals surface area (Å²) in [5.41, 5.74) is 1.07. The zero-order chi connectivity index (χ0) is 11.5. The fourth-order valence-corrected chi connectivity index (χ4v) is 1.31. The van der Waals surface area contributed by atoms with Gasteiger partial charge in [-0.1, -0.05) is 12.1 Å². The van der Waals surface area contributed by atoms with Gasteiger partial charge in [-0.3, -0.25) is 4.79 Å². The fraction of sp³-hybridized carbons (Fsp3) is 0. The molecule has 2 aromatic rings. The van der Waals surface area contributed by atoms with Gasteiger partial charge in [-0.2, -0.15) is 0 Å². The Hall–Kier alpha value is -2.43. The highest BCUT2D eigenvalue weighted by atomic mass is 16.4. The topological polar surface area (TPSA) is 83.0 Å². The minimum atomic E-state index is -0.994. The van der Waals surface area contributed by atoms with Gasteiger partial charge in [0.1, 0.15) is 0 Å². The van der Waals surface area contributed by atoms with Crippen LogP contribution in [0.4, 0.5) is 0 Å². The molecule has 0 aliphatic rings. The first-order valence-electron chi connectivity index (χ1n) is 4.55. The predicted molar refractivity (Wildman–Crippen MR) is 57.3 cm³/mol. The minimum Gasteiger partial charge on any atom is -0.478 e. The van der Waals surface area contributed by atoms with E-state index in [2.05, 4.69) is 9.97 Å². The summed E-state index contributed by atoms with van der Waals surface area (Å²) >= 11 is 0. The van der Waals surface area contributed by atoms with E-state index in [9.17, 15) is 9.59 Å². The standard InChI is InChI=1S/C11H8N2O3/c14-10-6-12-9(5-13-10)7-2-1-3-8(4-7)11(15)16/h1-6H,(H,13,14)(H,15,16). The number of rotatable bonds is 2. The number of benzene rings is 1. The van der Waals surface area contributed by atoms with Crippen LogP contribution >= 0.6 is 0 Å². The summed E-state index contributed by atoms with van der Waals surface area (Å²) in [4.78, 5) is 28.0. The van der Waals surface area contributed by atoms with Crippen LogP contribution in [0.15, 0.2) is 41.5 Å². The smallest absolute Gasteiger partial charge is 0.335 e. The highest BCUT2D eigenvalue weighted by molar-refractivity contribution is 5.89. The molecule has 80 valence electrons. The SMILES string of the molecule is O=C(O)c1cccc(-c2c[nH]c(=O)cn2)c1.